The van der Waals surface area contributed by atoms with Crippen LogP contribution in [0.2, 0.25) is 0 Å². The van der Waals surface area contributed by atoms with Gasteiger partial charge in [0.05, 0.1) is 0 Å². The van der Waals surface area contributed by atoms with Crippen molar-refractivity contribution in [2.45, 2.75) is 33.2 Å². The Labute approximate surface area is 111 Å². The molecule has 0 aliphatic rings. The molecule has 1 unspecified atom stereocenters. The Morgan fingerprint density at radius 2 is 1.95 bits per heavy atom. The fourth-order valence-corrected chi connectivity index (χ4v) is 1.72. The molecular weight excluding hydrogens is 252 g/mol. The van der Waals surface area contributed by atoms with Gasteiger partial charge in [-0.25, -0.2) is 13.6 Å². The Bertz CT molecular complexity index is 489. The van der Waals surface area contributed by atoms with Crippen LogP contribution in [0.5, 0.6) is 0 Å². The molecule has 106 valence electrons. The van der Waals surface area contributed by atoms with Gasteiger partial charge in [-0.2, -0.15) is 0 Å². The average Bonchev–Trinajstić information content (AvgIpc) is 2.30. The smallest absolute Gasteiger partial charge is 0.328 e. The van der Waals surface area contributed by atoms with Crippen molar-refractivity contribution in [1.82, 2.24) is 5.32 Å². The summed E-state index contributed by atoms with van der Waals surface area (Å²) < 4.78 is 27.5. The second-order valence-corrected chi connectivity index (χ2v) is 5.29. The highest BCUT2D eigenvalue weighted by Crippen LogP contribution is 2.26. The van der Waals surface area contributed by atoms with E-state index in [0.29, 0.717) is 6.54 Å². The number of halogens is 2. The van der Waals surface area contributed by atoms with E-state index in [9.17, 15) is 18.7 Å². The minimum absolute atomic E-state index is 0.151. The van der Waals surface area contributed by atoms with Crippen LogP contribution < -0.4 is 5.32 Å². The summed E-state index contributed by atoms with van der Waals surface area (Å²) in [6.45, 7) is 6.97. The summed E-state index contributed by atoms with van der Waals surface area (Å²) in [6.07, 6.45) is 0. The molecule has 1 rings (SSSR count). The zero-order valence-corrected chi connectivity index (χ0v) is 11.6. The van der Waals surface area contributed by atoms with Gasteiger partial charge in [0, 0.05) is 5.56 Å². The maximum atomic E-state index is 13.9. The predicted octanol–water partition coefficient (Wildman–Crippen LogP) is 2.82. The summed E-state index contributed by atoms with van der Waals surface area (Å²) in [5, 5.41) is 12.1. The molecular formula is C14H19F2NO2. The van der Waals surface area contributed by atoms with Crippen LogP contribution in [0.3, 0.4) is 0 Å². The van der Waals surface area contributed by atoms with E-state index >= 15 is 0 Å². The second-order valence-electron chi connectivity index (χ2n) is 5.29. The number of carboxylic acid groups (broad SMARTS) is 1. The molecule has 2 N–H and O–H groups in total. The molecule has 0 aliphatic heterocycles. The van der Waals surface area contributed by atoms with Gasteiger partial charge in [-0.1, -0.05) is 13.8 Å². The van der Waals surface area contributed by atoms with Gasteiger partial charge >= 0.3 is 5.97 Å². The van der Waals surface area contributed by atoms with Crippen molar-refractivity contribution in [3.8, 4) is 0 Å². The number of aryl methyl sites for hydroxylation is 1. The van der Waals surface area contributed by atoms with Crippen molar-refractivity contribution in [1.29, 1.82) is 0 Å². The maximum Gasteiger partial charge on any atom is 0.328 e. The third-order valence-corrected chi connectivity index (χ3v) is 3.08. The van der Waals surface area contributed by atoms with Crippen molar-refractivity contribution in [3.63, 3.8) is 0 Å². The minimum Gasteiger partial charge on any atom is -0.480 e. The standard InChI is InChI=1S/C14H19F2NO2/c1-8(2)7-17-14(4,13(18)19)10-6-11(15)9(3)5-12(10)16/h5-6,8,17H,7H2,1-4H3,(H,18,19). The molecule has 0 saturated heterocycles. The Hall–Kier alpha value is -1.49. The van der Waals surface area contributed by atoms with Gasteiger partial charge in [0.1, 0.15) is 17.2 Å². The zero-order valence-electron chi connectivity index (χ0n) is 11.6. The van der Waals surface area contributed by atoms with E-state index in [-0.39, 0.29) is 17.0 Å². The first kappa shape index (κ1) is 15.6. The van der Waals surface area contributed by atoms with Crippen molar-refractivity contribution < 1.29 is 18.7 Å². The van der Waals surface area contributed by atoms with E-state index in [1.165, 1.54) is 13.8 Å². The van der Waals surface area contributed by atoms with Crippen LogP contribution in [-0.4, -0.2) is 17.6 Å². The van der Waals surface area contributed by atoms with Crippen molar-refractivity contribution in [2.75, 3.05) is 6.54 Å². The fourth-order valence-electron chi connectivity index (χ4n) is 1.72. The van der Waals surface area contributed by atoms with E-state index in [0.717, 1.165) is 12.1 Å². The topological polar surface area (TPSA) is 49.3 Å². The minimum atomic E-state index is -1.65. The van der Waals surface area contributed by atoms with Crippen LogP contribution in [0.1, 0.15) is 31.9 Å². The summed E-state index contributed by atoms with van der Waals surface area (Å²) in [5.74, 6) is -2.39. The zero-order chi connectivity index (χ0) is 14.8. The van der Waals surface area contributed by atoms with Crippen molar-refractivity contribution >= 4 is 5.97 Å². The van der Waals surface area contributed by atoms with Crippen molar-refractivity contribution in [2.24, 2.45) is 5.92 Å². The summed E-state index contributed by atoms with van der Waals surface area (Å²) >= 11 is 0. The molecule has 3 nitrogen and oxygen atoms in total. The molecule has 0 aromatic heterocycles. The molecule has 5 heteroatoms. The monoisotopic (exact) mass is 271 g/mol. The number of carboxylic acids is 1. The quantitative estimate of drug-likeness (QED) is 0.865. The van der Waals surface area contributed by atoms with Crippen LogP contribution in [0, 0.1) is 24.5 Å². The third-order valence-electron chi connectivity index (χ3n) is 3.08. The van der Waals surface area contributed by atoms with E-state index in [1.54, 1.807) is 0 Å². The van der Waals surface area contributed by atoms with Gasteiger partial charge in [-0.3, -0.25) is 5.32 Å². The first-order chi connectivity index (χ1) is 8.68. The van der Waals surface area contributed by atoms with Gasteiger partial charge in [-0.15, -0.1) is 0 Å². The second kappa shape index (κ2) is 5.65. The Morgan fingerprint density at radius 1 is 1.37 bits per heavy atom. The van der Waals surface area contributed by atoms with Crippen molar-refractivity contribution in [3.05, 3.63) is 34.9 Å². The van der Waals surface area contributed by atoms with Crippen LogP contribution in [0.25, 0.3) is 0 Å². The third kappa shape index (κ3) is 3.29. The van der Waals surface area contributed by atoms with Gasteiger partial charge < -0.3 is 5.11 Å². The highest BCUT2D eigenvalue weighted by atomic mass is 19.1. The van der Waals surface area contributed by atoms with E-state index in [1.807, 2.05) is 13.8 Å². The number of rotatable bonds is 5. The lowest BCUT2D eigenvalue weighted by atomic mass is 9.90. The molecule has 0 bridgehead atoms. The van der Waals surface area contributed by atoms with Crippen LogP contribution in [0.4, 0.5) is 8.78 Å². The highest BCUT2D eigenvalue weighted by molar-refractivity contribution is 5.80. The number of aliphatic carboxylic acids is 1. The average molecular weight is 271 g/mol. The Balaban J connectivity index is 3.26. The lowest BCUT2D eigenvalue weighted by Gasteiger charge is -2.28. The SMILES string of the molecule is Cc1cc(F)c(C(C)(NCC(C)C)C(=O)O)cc1F. The number of hydrogen-bond donors (Lipinski definition) is 2. The van der Waals surface area contributed by atoms with Gasteiger partial charge in [-0.05, 0) is 44.0 Å². The lowest BCUT2D eigenvalue weighted by Crippen LogP contribution is -2.48. The number of nitrogens with one attached hydrogen (secondary N) is 1. The highest BCUT2D eigenvalue weighted by Gasteiger charge is 2.37. The van der Waals surface area contributed by atoms with E-state index in [4.69, 9.17) is 0 Å². The molecule has 0 fully saturated rings. The molecule has 1 atom stereocenters. The summed E-state index contributed by atoms with van der Waals surface area (Å²) in [4.78, 5) is 11.4. The molecule has 0 radical (unpaired) electrons. The first-order valence-electron chi connectivity index (χ1n) is 6.13. The number of carbonyl (C=O) groups is 1. The van der Waals surface area contributed by atoms with Gasteiger partial charge in [0.25, 0.3) is 0 Å². The first-order valence-corrected chi connectivity index (χ1v) is 6.13. The van der Waals surface area contributed by atoms with Crippen LogP contribution in [0.15, 0.2) is 12.1 Å². The molecule has 1 aromatic rings. The van der Waals surface area contributed by atoms with E-state index < -0.39 is 23.1 Å². The maximum absolute atomic E-state index is 13.9. The summed E-state index contributed by atoms with van der Waals surface area (Å²) in [5.41, 5.74) is -1.69. The lowest BCUT2D eigenvalue weighted by molar-refractivity contribution is -0.144. The molecule has 0 saturated carbocycles. The molecule has 0 spiro atoms. The van der Waals surface area contributed by atoms with E-state index in [2.05, 4.69) is 5.32 Å². The number of benzene rings is 1. The Morgan fingerprint density at radius 3 is 2.42 bits per heavy atom. The largest absolute Gasteiger partial charge is 0.480 e. The molecule has 0 amide bonds. The predicted molar refractivity (Wildman–Crippen MR) is 68.9 cm³/mol. The van der Waals surface area contributed by atoms with Crippen LogP contribution >= 0.6 is 0 Å². The van der Waals surface area contributed by atoms with Crippen LogP contribution in [-0.2, 0) is 10.3 Å². The summed E-state index contributed by atoms with van der Waals surface area (Å²) in [7, 11) is 0. The molecule has 19 heavy (non-hydrogen) atoms. The molecule has 0 aliphatic carbocycles. The van der Waals surface area contributed by atoms with Gasteiger partial charge in [0.2, 0.25) is 0 Å². The Kier molecular flexibility index (Phi) is 4.63. The van der Waals surface area contributed by atoms with Gasteiger partial charge in [0.15, 0.2) is 0 Å². The normalized spacial score (nSPS) is 14.5. The molecule has 1 aromatic carbocycles. The summed E-state index contributed by atoms with van der Waals surface area (Å²) in [6, 6.07) is 1.97. The fraction of sp³-hybridized carbons (Fsp3) is 0.500. The number of hydrogen-bond acceptors (Lipinski definition) is 2. The molecule has 0 heterocycles.